The molecule has 0 radical (unpaired) electrons. The second kappa shape index (κ2) is 5.22. The standard InChI is InChI=1S/C14H10O5/c15-12-10(13(16)17)7-4-8-11(12)19-14(18)9-5-2-1-3-6-9/h1-8,15H,(H,16,17). The van der Waals surface area contributed by atoms with Crippen LogP contribution in [0.1, 0.15) is 20.7 Å². The molecule has 0 amide bonds. The number of phenols is 1. The Labute approximate surface area is 108 Å². The summed E-state index contributed by atoms with van der Waals surface area (Å²) in [5.74, 6) is -2.72. The second-order valence-electron chi connectivity index (χ2n) is 3.71. The summed E-state index contributed by atoms with van der Waals surface area (Å²) in [6, 6.07) is 12.1. The number of carbonyl (C=O) groups is 2. The van der Waals surface area contributed by atoms with Crippen molar-refractivity contribution < 1.29 is 24.5 Å². The fourth-order valence-corrected chi connectivity index (χ4v) is 1.51. The first kappa shape index (κ1) is 12.6. The van der Waals surface area contributed by atoms with E-state index in [0.717, 1.165) is 0 Å². The highest BCUT2D eigenvalue weighted by atomic mass is 16.5. The molecule has 0 unspecified atom stereocenters. The van der Waals surface area contributed by atoms with Crippen LogP contribution in [-0.4, -0.2) is 22.2 Å². The van der Waals surface area contributed by atoms with Crippen molar-refractivity contribution >= 4 is 11.9 Å². The lowest BCUT2D eigenvalue weighted by Crippen LogP contribution is -2.09. The zero-order valence-corrected chi connectivity index (χ0v) is 9.74. The van der Waals surface area contributed by atoms with Gasteiger partial charge in [-0.1, -0.05) is 24.3 Å². The van der Waals surface area contributed by atoms with Crippen molar-refractivity contribution in [1.29, 1.82) is 0 Å². The van der Waals surface area contributed by atoms with Gasteiger partial charge in [0, 0.05) is 0 Å². The third-order valence-corrected chi connectivity index (χ3v) is 2.44. The summed E-state index contributed by atoms with van der Waals surface area (Å²) in [5.41, 5.74) is -0.0130. The molecule has 2 aromatic rings. The predicted molar refractivity (Wildman–Crippen MR) is 66.5 cm³/mol. The van der Waals surface area contributed by atoms with Crippen LogP contribution in [-0.2, 0) is 0 Å². The smallest absolute Gasteiger partial charge is 0.343 e. The van der Waals surface area contributed by atoms with Gasteiger partial charge < -0.3 is 14.9 Å². The number of carboxylic acid groups (broad SMARTS) is 1. The Morgan fingerprint density at radius 2 is 1.63 bits per heavy atom. The Kier molecular flexibility index (Phi) is 3.47. The first-order valence-corrected chi connectivity index (χ1v) is 5.42. The Hall–Kier alpha value is -2.82. The lowest BCUT2D eigenvalue weighted by atomic mass is 10.2. The molecule has 96 valence electrons. The minimum absolute atomic E-state index is 0.186. The fraction of sp³-hybridized carbons (Fsp3) is 0. The predicted octanol–water partition coefficient (Wildman–Crippen LogP) is 2.31. The molecule has 0 aliphatic carbocycles. The SMILES string of the molecule is O=C(Oc1cccc(C(=O)O)c1O)c1ccccc1. The maximum absolute atomic E-state index is 11.8. The van der Waals surface area contributed by atoms with Crippen LogP contribution in [0.4, 0.5) is 0 Å². The van der Waals surface area contributed by atoms with E-state index in [0.29, 0.717) is 5.56 Å². The molecule has 0 aliphatic heterocycles. The van der Waals surface area contributed by atoms with Crippen molar-refractivity contribution in [1.82, 2.24) is 0 Å². The molecule has 0 spiro atoms. The van der Waals surface area contributed by atoms with Gasteiger partial charge in [-0.05, 0) is 24.3 Å². The van der Waals surface area contributed by atoms with Crippen molar-refractivity contribution in [3.63, 3.8) is 0 Å². The molecule has 0 saturated heterocycles. The number of carbonyl (C=O) groups excluding carboxylic acids is 1. The molecule has 0 atom stereocenters. The molecule has 0 saturated carbocycles. The average molecular weight is 258 g/mol. The zero-order valence-electron chi connectivity index (χ0n) is 9.74. The minimum Gasteiger partial charge on any atom is -0.504 e. The maximum Gasteiger partial charge on any atom is 0.343 e. The van der Waals surface area contributed by atoms with Crippen LogP contribution in [0, 0.1) is 0 Å². The molecule has 2 aromatic carbocycles. The van der Waals surface area contributed by atoms with Crippen molar-refractivity contribution in [2.24, 2.45) is 0 Å². The van der Waals surface area contributed by atoms with Crippen molar-refractivity contribution in [2.75, 3.05) is 0 Å². The molecule has 0 bridgehead atoms. The second-order valence-corrected chi connectivity index (χ2v) is 3.71. The monoisotopic (exact) mass is 258 g/mol. The first-order chi connectivity index (χ1) is 9.09. The summed E-state index contributed by atoms with van der Waals surface area (Å²) in [6.07, 6.45) is 0. The van der Waals surface area contributed by atoms with Crippen LogP contribution in [0.5, 0.6) is 11.5 Å². The van der Waals surface area contributed by atoms with E-state index in [1.807, 2.05) is 0 Å². The highest BCUT2D eigenvalue weighted by Crippen LogP contribution is 2.30. The summed E-state index contributed by atoms with van der Waals surface area (Å²) in [5, 5.41) is 18.5. The van der Waals surface area contributed by atoms with E-state index in [1.54, 1.807) is 30.3 Å². The van der Waals surface area contributed by atoms with Gasteiger partial charge in [-0.25, -0.2) is 9.59 Å². The summed E-state index contributed by atoms with van der Waals surface area (Å²) in [7, 11) is 0. The number of hydrogen-bond acceptors (Lipinski definition) is 4. The molecule has 5 heteroatoms. The van der Waals surface area contributed by atoms with E-state index in [9.17, 15) is 14.7 Å². The number of ether oxygens (including phenoxy) is 1. The highest BCUT2D eigenvalue weighted by Gasteiger charge is 2.16. The van der Waals surface area contributed by atoms with Crippen LogP contribution < -0.4 is 4.74 Å². The van der Waals surface area contributed by atoms with Gasteiger partial charge in [-0.15, -0.1) is 0 Å². The van der Waals surface area contributed by atoms with Gasteiger partial charge in [-0.3, -0.25) is 0 Å². The van der Waals surface area contributed by atoms with E-state index in [1.165, 1.54) is 18.2 Å². The highest BCUT2D eigenvalue weighted by molar-refractivity contribution is 5.94. The lowest BCUT2D eigenvalue weighted by Gasteiger charge is -2.07. The largest absolute Gasteiger partial charge is 0.504 e. The number of rotatable bonds is 3. The van der Waals surface area contributed by atoms with Crippen LogP contribution in [0.2, 0.25) is 0 Å². The van der Waals surface area contributed by atoms with Gasteiger partial charge in [0.15, 0.2) is 11.5 Å². The van der Waals surface area contributed by atoms with Gasteiger partial charge in [0.05, 0.1) is 5.56 Å². The van der Waals surface area contributed by atoms with Crippen molar-refractivity contribution in [2.45, 2.75) is 0 Å². The summed E-state index contributed by atoms with van der Waals surface area (Å²) >= 11 is 0. The van der Waals surface area contributed by atoms with Gasteiger partial charge >= 0.3 is 11.9 Å². The van der Waals surface area contributed by atoms with Gasteiger partial charge in [0.2, 0.25) is 0 Å². The molecule has 2 rings (SSSR count). The van der Waals surface area contributed by atoms with E-state index in [-0.39, 0.29) is 11.3 Å². The van der Waals surface area contributed by atoms with Crippen LogP contribution >= 0.6 is 0 Å². The molecule has 0 fully saturated rings. The lowest BCUT2D eigenvalue weighted by molar-refractivity contribution is 0.0681. The van der Waals surface area contributed by atoms with Crippen LogP contribution in [0.3, 0.4) is 0 Å². The van der Waals surface area contributed by atoms with Crippen LogP contribution in [0.25, 0.3) is 0 Å². The molecule has 19 heavy (non-hydrogen) atoms. The number of benzene rings is 2. The first-order valence-electron chi connectivity index (χ1n) is 5.42. The molecular formula is C14H10O5. The third-order valence-electron chi connectivity index (χ3n) is 2.44. The quantitative estimate of drug-likeness (QED) is 0.652. The van der Waals surface area contributed by atoms with Gasteiger partial charge in [-0.2, -0.15) is 0 Å². The maximum atomic E-state index is 11.8. The number of esters is 1. The number of aromatic carboxylic acids is 1. The molecule has 5 nitrogen and oxygen atoms in total. The summed E-state index contributed by atoms with van der Waals surface area (Å²) in [4.78, 5) is 22.6. The van der Waals surface area contributed by atoms with E-state index < -0.39 is 17.7 Å². The molecule has 0 heterocycles. The molecular weight excluding hydrogens is 248 g/mol. The van der Waals surface area contributed by atoms with Crippen LogP contribution in [0.15, 0.2) is 48.5 Å². The molecule has 2 N–H and O–H groups in total. The third kappa shape index (κ3) is 2.71. The topological polar surface area (TPSA) is 83.8 Å². The molecule has 0 aromatic heterocycles. The Bertz CT molecular complexity index is 619. The summed E-state index contributed by atoms with van der Waals surface area (Å²) < 4.78 is 4.97. The Morgan fingerprint density at radius 1 is 0.947 bits per heavy atom. The van der Waals surface area contributed by atoms with Gasteiger partial charge in [0.1, 0.15) is 5.56 Å². The van der Waals surface area contributed by atoms with Gasteiger partial charge in [0.25, 0.3) is 0 Å². The molecule has 0 aliphatic rings. The number of hydrogen-bond donors (Lipinski definition) is 2. The van der Waals surface area contributed by atoms with E-state index >= 15 is 0 Å². The Balaban J connectivity index is 2.27. The normalized spacial score (nSPS) is 9.89. The zero-order chi connectivity index (χ0) is 13.8. The van der Waals surface area contributed by atoms with Crippen molar-refractivity contribution in [3.05, 3.63) is 59.7 Å². The van der Waals surface area contributed by atoms with E-state index in [4.69, 9.17) is 9.84 Å². The fourth-order valence-electron chi connectivity index (χ4n) is 1.51. The number of para-hydroxylation sites is 1. The summed E-state index contributed by atoms with van der Waals surface area (Å²) in [6.45, 7) is 0. The Morgan fingerprint density at radius 3 is 2.26 bits per heavy atom. The number of aromatic hydroxyl groups is 1. The van der Waals surface area contributed by atoms with E-state index in [2.05, 4.69) is 0 Å². The minimum atomic E-state index is -1.30. The van der Waals surface area contributed by atoms with Crippen molar-refractivity contribution in [3.8, 4) is 11.5 Å². The average Bonchev–Trinajstić information content (AvgIpc) is 2.41. The number of carboxylic acids is 1.